The van der Waals surface area contributed by atoms with Crippen LogP contribution in [0.1, 0.15) is 58.6 Å². The van der Waals surface area contributed by atoms with E-state index in [2.05, 4.69) is 36.3 Å². The number of hydrogen-bond donors (Lipinski definition) is 2. The van der Waals surface area contributed by atoms with Gasteiger partial charge < -0.3 is 19.2 Å². The second kappa shape index (κ2) is 13.5. The van der Waals surface area contributed by atoms with E-state index >= 15 is 0 Å². The molecule has 1 aliphatic heterocycles. The van der Waals surface area contributed by atoms with E-state index in [-0.39, 0.29) is 51.4 Å². The third kappa shape index (κ3) is 7.07. The van der Waals surface area contributed by atoms with Crippen molar-refractivity contribution in [1.82, 2.24) is 0 Å². The monoisotopic (exact) mass is 682 g/mol. The number of para-hydroxylation sites is 1. The third-order valence-corrected chi connectivity index (χ3v) is 11.1. The first-order valence-electron chi connectivity index (χ1n) is 15.1. The topological polar surface area (TPSA) is 150 Å². The first-order valence-corrected chi connectivity index (χ1v) is 17.9. The van der Waals surface area contributed by atoms with Gasteiger partial charge in [-0.2, -0.15) is 0 Å². The molecule has 0 radical (unpaired) electrons. The predicted octanol–water partition coefficient (Wildman–Crippen LogP) is 2.02. The van der Waals surface area contributed by atoms with Crippen LogP contribution < -0.4 is 44.6 Å². The third-order valence-electron chi connectivity index (χ3n) is 9.23. The van der Waals surface area contributed by atoms with Gasteiger partial charge in [0.05, 0.1) is 16.2 Å². The Morgan fingerprint density at radius 1 is 0.787 bits per heavy atom. The molecule has 4 aromatic carbocycles. The quantitative estimate of drug-likeness (QED) is 0.232. The zero-order chi connectivity index (χ0) is 33.0. The summed E-state index contributed by atoms with van der Waals surface area (Å²) in [5, 5.41) is 3.27. The van der Waals surface area contributed by atoms with Crippen LogP contribution in [-0.2, 0) is 20.2 Å². The summed E-state index contributed by atoms with van der Waals surface area (Å²) < 4.78 is 79.6. The maximum atomic E-state index is 12.4. The Hall–Kier alpha value is -3.03. The summed E-state index contributed by atoms with van der Waals surface area (Å²) in [5.74, 6) is 0.0219. The number of benzene rings is 4. The Morgan fingerprint density at radius 3 is 2.15 bits per heavy atom. The van der Waals surface area contributed by atoms with Gasteiger partial charge in [-0.3, -0.25) is 0 Å². The molecule has 0 saturated heterocycles. The minimum absolute atomic E-state index is 0. The van der Waals surface area contributed by atoms with Crippen molar-refractivity contribution in [1.29, 1.82) is 0 Å². The van der Waals surface area contributed by atoms with Crippen LogP contribution >= 0.6 is 0 Å². The molecule has 9 nitrogen and oxygen atoms in total. The van der Waals surface area contributed by atoms with Crippen molar-refractivity contribution < 1.29 is 65.2 Å². The van der Waals surface area contributed by atoms with Gasteiger partial charge in [0.15, 0.2) is 5.71 Å². The molecule has 2 N–H and O–H groups in total. The molecule has 3 unspecified atom stereocenters. The Bertz CT molecular complexity index is 2090. The molecule has 0 aromatic heterocycles. The number of nitrogens with one attached hydrogen (secondary N) is 2. The minimum atomic E-state index is -4.75. The summed E-state index contributed by atoms with van der Waals surface area (Å²) in [6, 6.07) is 20.9. The number of aryl methyl sites for hydroxylation is 3. The van der Waals surface area contributed by atoms with Gasteiger partial charge in [0.2, 0.25) is 5.69 Å². The van der Waals surface area contributed by atoms with Crippen LogP contribution in [0.5, 0.6) is 5.75 Å². The number of hydrogen-bond acceptors (Lipinski definition) is 8. The van der Waals surface area contributed by atoms with Crippen LogP contribution in [0.2, 0.25) is 0 Å². The summed E-state index contributed by atoms with van der Waals surface area (Å²) >= 11 is 0. The van der Waals surface area contributed by atoms with Crippen LogP contribution in [0, 0.1) is 33.6 Å². The summed E-state index contributed by atoms with van der Waals surface area (Å²) in [6.07, 6.45) is 1.74. The fourth-order valence-corrected chi connectivity index (χ4v) is 8.44. The summed E-state index contributed by atoms with van der Waals surface area (Å²) in [7, 11) is -9.43. The molecule has 47 heavy (non-hydrogen) atoms. The fourth-order valence-electron chi connectivity index (χ4n) is 7.00. The van der Waals surface area contributed by atoms with Crippen LogP contribution in [0.15, 0.2) is 82.6 Å². The number of anilines is 2. The maximum absolute atomic E-state index is 12.4. The largest absolute Gasteiger partial charge is 1.00 e. The van der Waals surface area contributed by atoms with E-state index in [4.69, 9.17) is 4.74 Å². The Labute approximate surface area is 298 Å². The van der Waals surface area contributed by atoms with Gasteiger partial charge in [0, 0.05) is 52.4 Å². The van der Waals surface area contributed by atoms with E-state index in [1.807, 2.05) is 25.1 Å². The SMILES string of the molecule is Cc1ccc(S(=O)(=O)[O-])c(C)c1Nc1ccc2c(c1)OC1CC(=[NH+]c3c(C)cccc3C)CCC1C2c1ccccc1S(=O)(=O)[O-].[Na+]. The second-order valence-corrected chi connectivity index (χ2v) is 14.9. The van der Waals surface area contributed by atoms with Crippen LogP contribution in [-0.4, -0.2) is 37.8 Å². The molecule has 1 saturated carbocycles. The summed E-state index contributed by atoms with van der Waals surface area (Å²) in [6.45, 7) is 7.52. The van der Waals surface area contributed by atoms with E-state index in [0.29, 0.717) is 41.1 Å². The second-order valence-electron chi connectivity index (χ2n) is 12.2. The zero-order valence-corrected chi connectivity index (χ0v) is 30.6. The van der Waals surface area contributed by atoms with Crippen molar-refractivity contribution in [2.45, 2.75) is 68.8 Å². The zero-order valence-electron chi connectivity index (χ0n) is 27.0. The number of ether oxygens (including phenoxy) is 1. The summed E-state index contributed by atoms with van der Waals surface area (Å²) in [4.78, 5) is 3.11. The van der Waals surface area contributed by atoms with Gasteiger partial charge in [0.25, 0.3) is 0 Å². The Morgan fingerprint density at radius 2 is 1.47 bits per heavy atom. The average molecular weight is 683 g/mol. The standard InChI is InChI=1S/C35H36N2O7S2.Na/c1-20-8-7-9-21(2)34(20)36-24-13-15-26-29(18-24)44-30-19-25(37-35-22(3)12-17-31(23(35)4)45(38,39)40)14-16-27(30)33(26)28-10-5-6-11-32(28)46(41,42)43;/h5-12,14,16-17,19,26,29,33,37H,13,15,18H2,1-4H3,(H,38,39,40)(H,41,42,43);/q;+1/p-1. The Balaban J connectivity index is 0.00000433. The van der Waals surface area contributed by atoms with Gasteiger partial charge >= 0.3 is 29.6 Å². The summed E-state index contributed by atoms with van der Waals surface area (Å²) in [5.41, 5.74) is 7.80. The smallest absolute Gasteiger partial charge is 0.744 e. The van der Waals surface area contributed by atoms with Crippen molar-refractivity contribution >= 4 is 43.0 Å². The number of rotatable bonds is 6. The molecular weight excluding hydrogens is 648 g/mol. The van der Waals surface area contributed by atoms with Gasteiger partial charge in [-0.1, -0.05) is 48.5 Å². The van der Waals surface area contributed by atoms with Crippen molar-refractivity contribution in [3.8, 4) is 5.75 Å². The predicted molar refractivity (Wildman–Crippen MR) is 173 cm³/mol. The van der Waals surface area contributed by atoms with E-state index < -0.39 is 26.2 Å². The van der Waals surface area contributed by atoms with Gasteiger partial charge in [0.1, 0.15) is 32.1 Å². The van der Waals surface area contributed by atoms with E-state index in [1.165, 1.54) is 12.1 Å². The molecule has 12 heteroatoms. The molecule has 1 heterocycles. The molecule has 3 atom stereocenters. The average Bonchev–Trinajstić information content (AvgIpc) is 2.98. The molecule has 240 valence electrons. The molecular formula is C35H35N2NaO7S2. The molecule has 6 rings (SSSR count). The fraction of sp³-hybridized carbons (Fsp3) is 0.286. The van der Waals surface area contributed by atoms with Gasteiger partial charge in [-0.25, -0.2) is 21.8 Å². The van der Waals surface area contributed by atoms with E-state index in [9.17, 15) is 25.9 Å². The molecule has 0 amide bonds. The molecule has 0 bridgehead atoms. The first-order chi connectivity index (χ1) is 21.7. The molecule has 0 spiro atoms. The van der Waals surface area contributed by atoms with Gasteiger partial charge in [-0.15, -0.1) is 0 Å². The van der Waals surface area contributed by atoms with Gasteiger partial charge in [-0.05, 0) is 69.0 Å². The van der Waals surface area contributed by atoms with E-state index in [0.717, 1.165) is 40.1 Å². The molecule has 2 aliphatic rings. The molecule has 1 aliphatic carbocycles. The number of fused-ring (bicyclic) bond motifs is 2. The van der Waals surface area contributed by atoms with Crippen molar-refractivity contribution in [2.24, 2.45) is 5.92 Å². The van der Waals surface area contributed by atoms with Crippen LogP contribution in [0.4, 0.5) is 17.1 Å². The molecule has 1 fully saturated rings. The molecule has 4 aromatic rings. The van der Waals surface area contributed by atoms with Crippen LogP contribution in [0.3, 0.4) is 0 Å². The first kappa shape index (κ1) is 35.3. The van der Waals surface area contributed by atoms with Crippen molar-refractivity contribution in [3.63, 3.8) is 0 Å². The van der Waals surface area contributed by atoms with Crippen molar-refractivity contribution in [3.05, 3.63) is 106 Å². The minimum Gasteiger partial charge on any atom is -0.744 e. The van der Waals surface area contributed by atoms with Crippen molar-refractivity contribution in [2.75, 3.05) is 5.32 Å². The normalized spacial score (nSPS) is 20.0. The Kier molecular flexibility index (Phi) is 10.1. The maximum Gasteiger partial charge on any atom is 1.00 e. The van der Waals surface area contributed by atoms with Crippen LogP contribution in [0.25, 0.3) is 0 Å². The van der Waals surface area contributed by atoms with E-state index in [1.54, 1.807) is 37.3 Å².